The van der Waals surface area contributed by atoms with Gasteiger partial charge in [0.05, 0.1) is 25.9 Å². The van der Waals surface area contributed by atoms with Crippen LogP contribution in [0.25, 0.3) is 0 Å². The summed E-state index contributed by atoms with van der Waals surface area (Å²) in [5.41, 5.74) is 1.80. The zero-order valence-electron chi connectivity index (χ0n) is 32.2. The molecular formula is C38H56O19. The number of carbonyl (C=O) groups is 2. The van der Waals surface area contributed by atoms with E-state index in [1.165, 1.54) is 32.9 Å². The molecule has 0 aromatic heterocycles. The number of aliphatic hydroxyl groups excluding tert-OH is 10. The van der Waals surface area contributed by atoms with E-state index in [9.17, 15) is 65.8 Å². The zero-order valence-corrected chi connectivity index (χ0v) is 32.2. The predicted molar refractivity (Wildman–Crippen MR) is 197 cm³/mol. The van der Waals surface area contributed by atoms with Crippen molar-refractivity contribution in [1.82, 2.24) is 0 Å². The Labute approximate surface area is 329 Å². The van der Waals surface area contributed by atoms with Crippen LogP contribution in [0.5, 0.6) is 0 Å². The predicted octanol–water partition coefficient (Wildman–Crippen LogP) is -2.45. The van der Waals surface area contributed by atoms with E-state index in [4.69, 9.17) is 28.4 Å². The van der Waals surface area contributed by atoms with Crippen LogP contribution in [0.2, 0.25) is 0 Å². The van der Waals surface area contributed by atoms with Gasteiger partial charge in [-0.3, -0.25) is 0 Å². The smallest absolute Gasteiger partial charge is 0.336 e. The minimum Gasteiger partial charge on any atom is -0.429 e. The summed E-state index contributed by atoms with van der Waals surface area (Å²) >= 11 is 0. The Bertz CT molecular complexity index is 1490. The summed E-state index contributed by atoms with van der Waals surface area (Å²) in [4.78, 5) is 25.1. The van der Waals surface area contributed by atoms with Crippen molar-refractivity contribution in [2.75, 3.05) is 19.8 Å². The topological polar surface area (TPSA) is 312 Å². The van der Waals surface area contributed by atoms with Crippen LogP contribution in [0.1, 0.15) is 34.6 Å². The number of allylic oxidation sites excluding steroid dienone is 12. The lowest BCUT2D eigenvalue weighted by molar-refractivity contribution is -0.326. The molecule has 13 atom stereocenters. The van der Waals surface area contributed by atoms with Gasteiger partial charge in [0.15, 0.2) is 6.29 Å². The molecule has 0 saturated carbocycles. The van der Waals surface area contributed by atoms with Gasteiger partial charge >= 0.3 is 11.9 Å². The van der Waals surface area contributed by atoms with Gasteiger partial charge in [-0.2, -0.15) is 0 Å². The fourth-order valence-electron chi connectivity index (χ4n) is 4.93. The SMILES string of the molecule is CC(=C/C=C/C=C(C)/C=C/C=C(\C)C(=O)OC1OC(COC2OC(CO)C(O)C(O)C2O)C(O)C(O)C1O)/C=C/C=C(\C)C(=O)OC(OC(CO)[C@H](C)O)C(O)O. The summed E-state index contributed by atoms with van der Waals surface area (Å²) in [6, 6.07) is 0. The quantitative estimate of drug-likeness (QED) is 0.0279. The van der Waals surface area contributed by atoms with E-state index >= 15 is 0 Å². The summed E-state index contributed by atoms with van der Waals surface area (Å²) in [5, 5.41) is 108. The molecule has 19 heteroatoms. The molecule has 322 valence electrons. The highest BCUT2D eigenvalue weighted by molar-refractivity contribution is 5.88. The van der Waals surface area contributed by atoms with Gasteiger partial charge in [0, 0.05) is 11.1 Å². The van der Waals surface area contributed by atoms with E-state index in [0.717, 1.165) is 11.1 Å². The van der Waals surface area contributed by atoms with Crippen molar-refractivity contribution >= 4 is 11.9 Å². The van der Waals surface area contributed by atoms with E-state index in [2.05, 4.69) is 0 Å². The maximum absolute atomic E-state index is 12.7. The van der Waals surface area contributed by atoms with Gasteiger partial charge in [-0.05, 0) is 34.6 Å². The fourth-order valence-corrected chi connectivity index (χ4v) is 4.93. The second-order valence-corrected chi connectivity index (χ2v) is 13.4. The zero-order chi connectivity index (χ0) is 43.0. The maximum Gasteiger partial charge on any atom is 0.336 e. The Morgan fingerprint density at radius 3 is 1.63 bits per heavy atom. The van der Waals surface area contributed by atoms with Crippen molar-refractivity contribution in [2.45, 2.75) is 121 Å². The van der Waals surface area contributed by atoms with E-state index < -0.39 is 118 Å². The largest absolute Gasteiger partial charge is 0.429 e. The summed E-state index contributed by atoms with van der Waals surface area (Å²) in [5.74, 6) is -1.83. The van der Waals surface area contributed by atoms with Gasteiger partial charge in [-0.25, -0.2) is 9.59 Å². The third-order valence-electron chi connectivity index (χ3n) is 8.54. The van der Waals surface area contributed by atoms with E-state index in [-0.39, 0.29) is 11.1 Å². The Morgan fingerprint density at radius 2 is 1.14 bits per heavy atom. The standard InChI is InChI=1S/C38H56O19/c1-19(10-6-7-11-20(2)13-9-15-22(4)35(51)57-38(33(48)49)53-24(16-39)23(5)41)12-8-14-21(3)34(50)56-37-32(47)30(45)28(43)26(55-37)18-52-36-31(46)29(44)27(42)25(17-40)54-36/h6-15,23-33,36-49H,16-18H2,1-5H3/b7-6+,12-8+,13-9+,19-10+,20-11-,21-14+,22-15+/t23-,24?,25?,26?,27?,28?,29?,30?,31?,32?,36?,37?,38?/m0/s1. The molecule has 19 nitrogen and oxygen atoms in total. The second kappa shape index (κ2) is 24.4. The second-order valence-electron chi connectivity index (χ2n) is 13.4. The molecule has 0 aromatic rings. The van der Waals surface area contributed by atoms with Gasteiger partial charge in [-0.15, -0.1) is 0 Å². The Morgan fingerprint density at radius 1 is 0.649 bits per heavy atom. The van der Waals surface area contributed by atoms with Crippen molar-refractivity contribution in [2.24, 2.45) is 0 Å². The van der Waals surface area contributed by atoms with Crippen molar-refractivity contribution in [1.29, 1.82) is 0 Å². The van der Waals surface area contributed by atoms with E-state index in [1.807, 2.05) is 0 Å². The van der Waals surface area contributed by atoms with Gasteiger partial charge in [0.2, 0.25) is 12.6 Å². The van der Waals surface area contributed by atoms with Gasteiger partial charge < -0.3 is 84.6 Å². The minimum absolute atomic E-state index is 0.0915. The number of carbonyl (C=O) groups excluding carboxylic acids is 2. The van der Waals surface area contributed by atoms with E-state index in [0.29, 0.717) is 0 Å². The molecule has 0 bridgehead atoms. The lowest BCUT2D eigenvalue weighted by Crippen LogP contribution is -2.61. The average molecular weight is 817 g/mol. The molecule has 0 aromatic carbocycles. The molecule has 57 heavy (non-hydrogen) atoms. The molecule has 0 radical (unpaired) electrons. The first-order chi connectivity index (χ1) is 26.8. The normalized spacial score (nSPS) is 31.3. The first-order valence-electron chi connectivity index (χ1n) is 17.9. The summed E-state index contributed by atoms with van der Waals surface area (Å²) in [6.07, 6.45) is -6.35. The number of rotatable bonds is 19. The van der Waals surface area contributed by atoms with Crippen molar-refractivity contribution < 1.29 is 94.2 Å². The van der Waals surface area contributed by atoms with Crippen LogP contribution in [0, 0.1) is 0 Å². The molecule has 2 rings (SSSR count). The van der Waals surface area contributed by atoms with Crippen LogP contribution in [0.15, 0.2) is 83.1 Å². The number of hydrogen-bond acceptors (Lipinski definition) is 19. The molecule has 2 heterocycles. The molecule has 2 aliphatic rings. The molecular weight excluding hydrogens is 760 g/mol. The van der Waals surface area contributed by atoms with Gasteiger partial charge in [0.25, 0.3) is 6.29 Å². The fraction of sp³-hybridized carbons (Fsp3) is 0.579. The number of ether oxygens (including phenoxy) is 6. The Hall–Kier alpha value is -3.48. The summed E-state index contributed by atoms with van der Waals surface area (Å²) in [7, 11) is 0. The summed E-state index contributed by atoms with van der Waals surface area (Å²) in [6.45, 7) is 5.86. The van der Waals surface area contributed by atoms with Crippen molar-refractivity contribution in [3.63, 3.8) is 0 Å². The van der Waals surface area contributed by atoms with Crippen LogP contribution < -0.4 is 0 Å². The van der Waals surface area contributed by atoms with Crippen LogP contribution in [-0.4, -0.2) is 174 Å². The Kier molecular flexibility index (Phi) is 21.3. The van der Waals surface area contributed by atoms with Gasteiger partial charge in [0.1, 0.15) is 54.9 Å². The highest BCUT2D eigenvalue weighted by Crippen LogP contribution is 2.26. The summed E-state index contributed by atoms with van der Waals surface area (Å²) < 4.78 is 31.3. The number of esters is 2. The highest BCUT2D eigenvalue weighted by Gasteiger charge is 2.48. The molecule has 2 aliphatic heterocycles. The molecule has 11 N–H and O–H groups in total. The first-order valence-corrected chi connectivity index (χ1v) is 17.9. The first kappa shape index (κ1) is 49.7. The lowest BCUT2D eigenvalue weighted by atomic mass is 9.98. The molecule has 12 unspecified atom stereocenters. The van der Waals surface area contributed by atoms with Crippen LogP contribution in [-0.2, 0) is 38.0 Å². The molecule has 0 amide bonds. The molecule has 0 aliphatic carbocycles. The van der Waals surface area contributed by atoms with Crippen LogP contribution in [0.4, 0.5) is 0 Å². The van der Waals surface area contributed by atoms with Crippen molar-refractivity contribution in [3.8, 4) is 0 Å². The highest BCUT2D eigenvalue weighted by atomic mass is 16.7. The van der Waals surface area contributed by atoms with E-state index in [1.54, 1.807) is 62.5 Å². The third-order valence-corrected chi connectivity index (χ3v) is 8.54. The third kappa shape index (κ3) is 15.7. The monoisotopic (exact) mass is 816 g/mol. The van der Waals surface area contributed by atoms with Crippen molar-refractivity contribution in [3.05, 3.63) is 83.1 Å². The Balaban J connectivity index is 1.91. The number of hydrogen-bond donors (Lipinski definition) is 11. The lowest BCUT2D eigenvalue weighted by Gasteiger charge is -2.42. The molecule has 2 saturated heterocycles. The molecule has 2 fully saturated rings. The van der Waals surface area contributed by atoms with Crippen LogP contribution >= 0.6 is 0 Å². The average Bonchev–Trinajstić information content (AvgIpc) is 3.16. The maximum atomic E-state index is 12.7. The van der Waals surface area contributed by atoms with Gasteiger partial charge in [-0.1, -0.05) is 71.9 Å². The van der Waals surface area contributed by atoms with Crippen LogP contribution in [0.3, 0.4) is 0 Å². The number of aliphatic hydroxyl groups is 11. The molecule has 0 spiro atoms. The minimum atomic E-state index is -2.21.